The first-order valence-corrected chi connectivity index (χ1v) is 8.93. The fourth-order valence-corrected chi connectivity index (χ4v) is 3.81. The van der Waals surface area contributed by atoms with Gasteiger partial charge < -0.3 is 19.9 Å². The van der Waals surface area contributed by atoms with E-state index in [1.807, 2.05) is 13.8 Å². The Morgan fingerprint density at radius 2 is 2.33 bits per heavy atom. The molecule has 7 heteroatoms. The number of urea groups is 1. The Hall–Kier alpha value is -2.12. The van der Waals surface area contributed by atoms with E-state index in [4.69, 9.17) is 4.74 Å². The van der Waals surface area contributed by atoms with Gasteiger partial charge in [0.05, 0.1) is 12.6 Å². The van der Waals surface area contributed by atoms with Gasteiger partial charge in [-0.2, -0.15) is 0 Å². The van der Waals surface area contributed by atoms with Gasteiger partial charge in [0.15, 0.2) is 0 Å². The van der Waals surface area contributed by atoms with Crippen LogP contribution in [0, 0.1) is 0 Å². The smallest absolute Gasteiger partial charge is 0.319 e. The summed E-state index contributed by atoms with van der Waals surface area (Å²) in [4.78, 5) is 25.7. The molecule has 3 rings (SSSR count). The summed E-state index contributed by atoms with van der Waals surface area (Å²) in [7, 11) is 0. The van der Waals surface area contributed by atoms with Crippen molar-refractivity contribution < 1.29 is 9.53 Å². The molecule has 0 unspecified atom stereocenters. The van der Waals surface area contributed by atoms with Crippen molar-refractivity contribution in [1.29, 1.82) is 0 Å². The van der Waals surface area contributed by atoms with Crippen LogP contribution in [0.3, 0.4) is 0 Å². The van der Waals surface area contributed by atoms with Gasteiger partial charge in [0, 0.05) is 24.0 Å². The third-order valence-corrected chi connectivity index (χ3v) is 5.13. The van der Waals surface area contributed by atoms with Crippen molar-refractivity contribution >= 4 is 23.1 Å². The SMILES string of the molecule is CCn1cccc(NC(=O)N[C@@H](C)[C@@H]2OCCc3sccc32)c1=O. The van der Waals surface area contributed by atoms with E-state index in [0.717, 1.165) is 12.0 Å². The number of carbonyl (C=O) groups is 1. The third kappa shape index (κ3) is 3.37. The van der Waals surface area contributed by atoms with Crippen LogP contribution in [0.25, 0.3) is 0 Å². The predicted octanol–water partition coefficient (Wildman–Crippen LogP) is 2.75. The maximum atomic E-state index is 12.2. The minimum absolute atomic E-state index is 0.158. The van der Waals surface area contributed by atoms with E-state index in [9.17, 15) is 9.59 Å². The Bertz CT molecular complexity index is 783. The average molecular weight is 347 g/mol. The van der Waals surface area contributed by atoms with Crippen molar-refractivity contribution in [3.05, 3.63) is 50.6 Å². The molecule has 0 saturated carbocycles. The number of hydrogen-bond donors (Lipinski definition) is 2. The van der Waals surface area contributed by atoms with Crippen LogP contribution in [-0.2, 0) is 17.7 Å². The van der Waals surface area contributed by atoms with Crippen molar-refractivity contribution in [1.82, 2.24) is 9.88 Å². The number of anilines is 1. The standard InChI is InChI=1S/C17H21N3O3S/c1-3-20-8-4-5-13(16(20)21)19-17(22)18-11(2)15-12-7-10-24-14(12)6-9-23-15/h4-5,7-8,10-11,15H,3,6,9H2,1-2H3,(H2,18,19,22)/t11-,15-/m0/s1. The molecular formula is C17H21N3O3S. The van der Waals surface area contributed by atoms with Crippen LogP contribution < -0.4 is 16.2 Å². The zero-order chi connectivity index (χ0) is 17.1. The van der Waals surface area contributed by atoms with Crippen molar-refractivity contribution in [3.63, 3.8) is 0 Å². The number of carbonyl (C=O) groups excluding carboxylic acids is 1. The normalized spacial score (nSPS) is 17.8. The molecule has 24 heavy (non-hydrogen) atoms. The summed E-state index contributed by atoms with van der Waals surface area (Å²) in [6.07, 6.45) is 2.46. The first kappa shape index (κ1) is 16.7. The van der Waals surface area contributed by atoms with Gasteiger partial charge >= 0.3 is 6.03 Å². The van der Waals surface area contributed by atoms with Crippen LogP contribution in [-0.4, -0.2) is 23.2 Å². The van der Waals surface area contributed by atoms with Gasteiger partial charge in [-0.3, -0.25) is 4.79 Å². The van der Waals surface area contributed by atoms with E-state index >= 15 is 0 Å². The molecule has 3 heterocycles. The first-order chi connectivity index (χ1) is 11.6. The number of rotatable bonds is 4. The van der Waals surface area contributed by atoms with E-state index in [2.05, 4.69) is 22.1 Å². The minimum atomic E-state index is -0.403. The van der Waals surface area contributed by atoms with E-state index in [1.165, 1.54) is 4.88 Å². The second-order valence-electron chi connectivity index (χ2n) is 5.74. The fraction of sp³-hybridized carbons (Fsp3) is 0.412. The Labute approximate surface area is 144 Å². The summed E-state index contributed by atoms with van der Waals surface area (Å²) in [5.41, 5.74) is 1.20. The molecule has 2 atom stereocenters. The molecule has 2 N–H and O–H groups in total. The van der Waals surface area contributed by atoms with Gasteiger partial charge in [-0.1, -0.05) is 0 Å². The predicted molar refractivity (Wildman–Crippen MR) is 94.7 cm³/mol. The van der Waals surface area contributed by atoms with E-state index in [-0.39, 0.29) is 23.4 Å². The van der Waals surface area contributed by atoms with E-state index in [1.54, 1.807) is 34.2 Å². The molecule has 0 aromatic carbocycles. The summed E-state index contributed by atoms with van der Waals surface area (Å²) in [5.74, 6) is 0. The Morgan fingerprint density at radius 3 is 3.12 bits per heavy atom. The number of amides is 2. The van der Waals surface area contributed by atoms with Crippen LogP contribution in [0.2, 0.25) is 0 Å². The second-order valence-corrected chi connectivity index (χ2v) is 6.74. The molecule has 6 nitrogen and oxygen atoms in total. The van der Waals surface area contributed by atoms with Gasteiger partial charge in [-0.05, 0) is 43.0 Å². The molecule has 1 aliphatic rings. The number of aromatic nitrogens is 1. The number of pyridine rings is 1. The fourth-order valence-electron chi connectivity index (χ4n) is 2.91. The second kappa shape index (κ2) is 7.19. The molecule has 0 spiro atoms. The maximum Gasteiger partial charge on any atom is 0.319 e. The maximum absolute atomic E-state index is 12.2. The number of nitrogens with zero attached hydrogens (tertiary/aromatic N) is 1. The zero-order valence-electron chi connectivity index (χ0n) is 13.7. The lowest BCUT2D eigenvalue weighted by atomic mass is 10.0. The molecule has 2 amide bonds. The lowest BCUT2D eigenvalue weighted by Crippen LogP contribution is -2.42. The molecule has 0 radical (unpaired) electrons. The Kier molecular flexibility index (Phi) is 5.01. The summed E-state index contributed by atoms with van der Waals surface area (Å²) in [6.45, 7) is 5.01. The van der Waals surface area contributed by atoms with Crippen LogP contribution >= 0.6 is 11.3 Å². The number of thiophene rings is 1. The highest BCUT2D eigenvalue weighted by atomic mass is 32.1. The van der Waals surface area contributed by atoms with Gasteiger partial charge in [0.2, 0.25) is 0 Å². The third-order valence-electron chi connectivity index (χ3n) is 4.13. The molecule has 0 saturated heterocycles. The summed E-state index contributed by atoms with van der Waals surface area (Å²) in [5, 5.41) is 7.56. The van der Waals surface area contributed by atoms with E-state index < -0.39 is 6.03 Å². The highest BCUT2D eigenvalue weighted by molar-refractivity contribution is 7.10. The summed E-state index contributed by atoms with van der Waals surface area (Å²) < 4.78 is 7.38. The summed E-state index contributed by atoms with van der Waals surface area (Å²) >= 11 is 1.72. The molecule has 1 aliphatic heterocycles. The number of fused-ring (bicyclic) bond motifs is 1. The van der Waals surface area contributed by atoms with Gasteiger partial charge in [0.25, 0.3) is 5.56 Å². The van der Waals surface area contributed by atoms with E-state index in [0.29, 0.717) is 13.2 Å². The monoisotopic (exact) mass is 347 g/mol. The quantitative estimate of drug-likeness (QED) is 0.893. The van der Waals surface area contributed by atoms with Gasteiger partial charge in [-0.25, -0.2) is 4.79 Å². The number of ether oxygens (including phenoxy) is 1. The van der Waals surface area contributed by atoms with Crippen LogP contribution in [0.4, 0.5) is 10.5 Å². The van der Waals surface area contributed by atoms with Crippen molar-refractivity contribution in [2.75, 3.05) is 11.9 Å². The highest BCUT2D eigenvalue weighted by Crippen LogP contribution is 2.33. The minimum Gasteiger partial charge on any atom is -0.371 e. The van der Waals surface area contributed by atoms with Crippen LogP contribution in [0.5, 0.6) is 0 Å². The number of nitrogens with one attached hydrogen (secondary N) is 2. The molecule has 128 valence electrons. The van der Waals surface area contributed by atoms with Crippen LogP contribution in [0.15, 0.2) is 34.6 Å². The molecule has 2 aromatic heterocycles. The van der Waals surface area contributed by atoms with Crippen LogP contribution in [0.1, 0.15) is 30.4 Å². The lowest BCUT2D eigenvalue weighted by molar-refractivity contribution is 0.0238. The molecule has 0 bridgehead atoms. The molecular weight excluding hydrogens is 326 g/mol. The molecule has 0 aliphatic carbocycles. The average Bonchev–Trinajstić information content (AvgIpc) is 3.05. The van der Waals surface area contributed by atoms with Gasteiger partial charge in [0.1, 0.15) is 11.8 Å². The lowest BCUT2D eigenvalue weighted by Gasteiger charge is -2.29. The van der Waals surface area contributed by atoms with Crippen molar-refractivity contribution in [2.24, 2.45) is 0 Å². The van der Waals surface area contributed by atoms with Crippen molar-refractivity contribution in [2.45, 2.75) is 39.0 Å². The first-order valence-electron chi connectivity index (χ1n) is 8.05. The Balaban J connectivity index is 1.67. The molecule has 2 aromatic rings. The molecule has 0 fully saturated rings. The zero-order valence-corrected chi connectivity index (χ0v) is 14.6. The van der Waals surface area contributed by atoms with Gasteiger partial charge in [-0.15, -0.1) is 11.3 Å². The van der Waals surface area contributed by atoms with Crippen molar-refractivity contribution in [3.8, 4) is 0 Å². The topological polar surface area (TPSA) is 72.4 Å². The summed E-state index contributed by atoms with van der Waals surface area (Å²) in [6, 6.07) is 4.80. The highest BCUT2D eigenvalue weighted by Gasteiger charge is 2.28. The number of hydrogen-bond acceptors (Lipinski definition) is 4. The Morgan fingerprint density at radius 1 is 1.50 bits per heavy atom. The number of aryl methyl sites for hydroxylation is 1. The largest absolute Gasteiger partial charge is 0.371 e.